The van der Waals surface area contributed by atoms with Gasteiger partial charge in [-0.15, -0.1) is 0 Å². The lowest BCUT2D eigenvalue weighted by molar-refractivity contribution is 0.575. The van der Waals surface area contributed by atoms with Crippen LogP contribution in [0.25, 0.3) is 11.4 Å². The number of nitrogens with zero attached hydrogens (tertiary/aromatic N) is 3. The fourth-order valence-corrected chi connectivity index (χ4v) is 2.91. The van der Waals surface area contributed by atoms with E-state index in [0.29, 0.717) is 0 Å². The predicted molar refractivity (Wildman–Crippen MR) is 98.4 cm³/mol. The summed E-state index contributed by atoms with van der Waals surface area (Å²) in [5.74, 6) is -1.62. The lowest BCUT2D eigenvalue weighted by Crippen LogP contribution is -1.98. The van der Waals surface area contributed by atoms with E-state index in [1.165, 1.54) is 57.1 Å². The second kappa shape index (κ2) is 10.6. The second-order valence-corrected chi connectivity index (χ2v) is 6.54. The normalized spacial score (nSPS) is 10.7. The number of aromatic nitrogens is 2. The minimum Gasteiger partial charge on any atom is -0.236 e. The number of hydrogen-bond donors (Lipinski definition) is 0. The van der Waals surface area contributed by atoms with Crippen LogP contribution >= 0.6 is 0 Å². The predicted octanol–water partition coefficient (Wildman–Crippen LogP) is 5.98. The first-order valence-corrected chi connectivity index (χ1v) is 9.36. The summed E-state index contributed by atoms with van der Waals surface area (Å²) in [4.78, 5) is 8.36. The molecule has 0 radical (unpaired) electrons. The molecule has 0 spiro atoms. The summed E-state index contributed by atoms with van der Waals surface area (Å²) in [6.07, 6.45) is 14.3. The van der Waals surface area contributed by atoms with Crippen LogP contribution in [-0.2, 0) is 6.42 Å². The van der Waals surface area contributed by atoms with Crippen molar-refractivity contribution in [1.82, 2.24) is 9.97 Å². The molecule has 2 aromatic rings. The number of halogens is 2. The van der Waals surface area contributed by atoms with Crippen molar-refractivity contribution in [1.29, 1.82) is 5.26 Å². The molecule has 5 heteroatoms. The minimum absolute atomic E-state index is 0.0431. The summed E-state index contributed by atoms with van der Waals surface area (Å²) >= 11 is 0. The van der Waals surface area contributed by atoms with Gasteiger partial charge >= 0.3 is 0 Å². The molecule has 3 nitrogen and oxygen atoms in total. The summed E-state index contributed by atoms with van der Waals surface area (Å²) in [5, 5.41) is 8.85. The molecule has 0 saturated carbocycles. The SMILES string of the molecule is CCCCCCCCCCc1cnc(-c2ccc(F)c(C#N)c2F)nc1. The Balaban J connectivity index is 1.85. The van der Waals surface area contributed by atoms with E-state index in [1.807, 2.05) is 0 Å². The number of unbranched alkanes of at least 4 members (excludes halogenated alkanes) is 7. The third-order valence-corrected chi connectivity index (χ3v) is 4.47. The van der Waals surface area contributed by atoms with Gasteiger partial charge in [0.1, 0.15) is 17.4 Å². The molecule has 0 N–H and O–H groups in total. The van der Waals surface area contributed by atoms with Crippen LogP contribution in [0.2, 0.25) is 0 Å². The van der Waals surface area contributed by atoms with Crippen LogP contribution in [0.3, 0.4) is 0 Å². The van der Waals surface area contributed by atoms with Crippen LogP contribution < -0.4 is 0 Å². The first-order valence-electron chi connectivity index (χ1n) is 9.36. The van der Waals surface area contributed by atoms with Gasteiger partial charge in [0.15, 0.2) is 11.6 Å². The highest BCUT2D eigenvalue weighted by Gasteiger charge is 2.16. The average molecular weight is 357 g/mol. The molecule has 1 heterocycles. The lowest BCUT2D eigenvalue weighted by atomic mass is 10.1. The van der Waals surface area contributed by atoms with Crippen LogP contribution in [0.4, 0.5) is 8.78 Å². The van der Waals surface area contributed by atoms with Gasteiger partial charge in [0.05, 0.1) is 5.56 Å². The summed E-state index contributed by atoms with van der Waals surface area (Å²) in [6, 6.07) is 3.86. The molecule has 0 aliphatic heterocycles. The smallest absolute Gasteiger partial charge is 0.162 e. The third-order valence-electron chi connectivity index (χ3n) is 4.47. The fourth-order valence-electron chi connectivity index (χ4n) is 2.91. The fraction of sp³-hybridized carbons (Fsp3) is 0.476. The van der Waals surface area contributed by atoms with E-state index in [9.17, 15) is 8.78 Å². The standard InChI is InChI=1S/C21H25F2N3/c1-2-3-4-5-6-7-8-9-10-16-14-25-21(26-15-16)17-11-12-19(22)18(13-24)20(17)23/h11-12,14-15H,2-10H2,1H3. The molecule has 2 rings (SSSR count). The largest absolute Gasteiger partial charge is 0.236 e. The summed E-state index contributed by atoms with van der Waals surface area (Å²) < 4.78 is 27.6. The molecule has 0 fully saturated rings. The number of aryl methyl sites for hydroxylation is 1. The van der Waals surface area contributed by atoms with Gasteiger partial charge in [-0.3, -0.25) is 0 Å². The molecule has 0 aliphatic rings. The number of hydrogen-bond acceptors (Lipinski definition) is 3. The monoisotopic (exact) mass is 357 g/mol. The van der Waals surface area contributed by atoms with E-state index in [0.717, 1.165) is 24.5 Å². The van der Waals surface area contributed by atoms with Crippen molar-refractivity contribution in [2.75, 3.05) is 0 Å². The van der Waals surface area contributed by atoms with Gasteiger partial charge in [-0.25, -0.2) is 18.7 Å². The van der Waals surface area contributed by atoms with Crippen LogP contribution in [0, 0.1) is 23.0 Å². The summed E-state index contributed by atoms with van der Waals surface area (Å²) in [7, 11) is 0. The molecule has 0 aliphatic carbocycles. The van der Waals surface area contributed by atoms with E-state index >= 15 is 0 Å². The molecule has 1 aromatic carbocycles. The van der Waals surface area contributed by atoms with Crippen molar-refractivity contribution in [3.05, 3.63) is 47.3 Å². The Hall–Kier alpha value is -2.35. The van der Waals surface area contributed by atoms with Gasteiger partial charge < -0.3 is 0 Å². The second-order valence-electron chi connectivity index (χ2n) is 6.54. The van der Waals surface area contributed by atoms with Crippen LogP contribution in [-0.4, -0.2) is 9.97 Å². The molecular formula is C21H25F2N3. The van der Waals surface area contributed by atoms with Crippen molar-refractivity contribution in [2.24, 2.45) is 0 Å². The summed E-state index contributed by atoms with van der Waals surface area (Å²) in [5.41, 5.74) is 0.443. The van der Waals surface area contributed by atoms with Gasteiger partial charge in [0.25, 0.3) is 0 Å². The highest BCUT2D eigenvalue weighted by molar-refractivity contribution is 5.59. The van der Waals surface area contributed by atoms with Crippen LogP contribution in [0.5, 0.6) is 0 Å². The summed E-state index contributed by atoms with van der Waals surface area (Å²) in [6.45, 7) is 2.22. The number of rotatable bonds is 10. The van der Waals surface area contributed by atoms with Crippen LogP contribution in [0.1, 0.15) is 69.4 Å². The zero-order valence-corrected chi connectivity index (χ0v) is 15.3. The minimum atomic E-state index is -0.914. The van der Waals surface area contributed by atoms with E-state index in [4.69, 9.17) is 5.26 Å². The maximum Gasteiger partial charge on any atom is 0.162 e. The molecule has 0 unspecified atom stereocenters. The lowest BCUT2D eigenvalue weighted by Gasteiger charge is -2.06. The van der Waals surface area contributed by atoms with Crippen LogP contribution in [0.15, 0.2) is 24.5 Å². The quantitative estimate of drug-likeness (QED) is 0.492. The molecular weight excluding hydrogens is 332 g/mol. The van der Waals surface area contributed by atoms with Crippen molar-refractivity contribution in [3.63, 3.8) is 0 Å². The molecule has 138 valence electrons. The maximum atomic E-state index is 14.2. The Bertz CT molecular complexity index is 736. The topological polar surface area (TPSA) is 49.6 Å². The van der Waals surface area contributed by atoms with Gasteiger partial charge in [-0.1, -0.05) is 51.9 Å². The van der Waals surface area contributed by atoms with E-state index in [-0.39, 0.29) is 11.4 Å². The molecule has 1 aromatic heterocycles. The Labute approximate surface area is 154 Å². The maximum absolute atomic E-state index is 14.2. The van der Waals surface area contributed by atoms with Gasteiger partial charge in [0.2, 0.25) is 0 Å². The molecule has 0 saturated heterocycles. The number of nitriles is 1. The van der Waals surface area contributed by atoms with E-state index in [1.54, 1.807) is 12.4 Å². The molecule has 0 atom stereocenters. The van der Waals surface area contributed by atoms with Crippen molar-refractivity contribution in [3.8, 4) is 17.5 Å². The van der Waals surface area contributed by atoms with Gasteiger partial charge in [0, 0.05) is 12.4 Å². The molecule has 0 amide bonds. The molecule has 26 heavy (non-hydrogen) atoms. The first-order chi connectivity index (χ1) is 12.7. The van der Waals surface area contributed by atoms with Crippen molar-refractivity contribution >= 4 is 0 Å². The molecule has 0 bridgehead atoms. The Morgan fingerprint density at radius 1 is 0.923 bits per heavy atom. The Morgan fingerprint density at radius 2 is 1.54 bits per heavy atom. The Kier molecular flexibility index (Phi) is 8.14. The average Bonchev–Trinajstić information content (AvgIpc) is 2.65. The van der Waals surface area contributed by atoms with E-state index in [2.05, 4.69) is 16.9 Å². The highest BCUT2D eigenvalue weighted by Crippen LogP contribution is 2.23. The van der Waals surface area contributed by atoms with E-state index < -0.39 is 17.2 Å². The zero-order chi connectivity index (χ0) is 18.8. The van der Waals surface area contributed by atoms with Gasteiger partial charge in [-0.2, -0.15) is 5.26 Å². The van der Waals surface area contributed by atoms with Crippen molar-refractivity contribution in [2.45, 2.75) is 64.7 Å². The third kappa shape index (κ3) is 5.59. The van der Waals surface area contributed by atoms with Crippen molar-refractivity contribution < 1.29 is 8.78 Å². The Morgan fingerprint density at radius 3 is 2.15 bits per heavy atom. The van der Waals surface area contributed by atoms with Gasteiger partial charge in [-0.05, 0) is 30.5 Å². The number of benzene rings is 1. The zero-order valence-electron chi connectivity index (χ0n) is 15.3. The highest BCUT2D eigenvalue weighted by atomic mass is 19.1. The first kappa shape index (κ1) is 20.0.